The van der Waals surface area contributed by atoms with Gasteiger partial charge in [-0.15, -0.1) is 11.3 Å². The minimum Gasteiger partial charge on any atom is -0.271 e. The Labute approximate surface area is 172 Å². The van der Waals surface area contributed by atoms with Gasteiger partial charge in [0.25, 0.3) is 5.56 Å². The molecule has 0 aliphatic carbocycles. The summed E-state index contributed by atoms with van der Waals surface area (Å²) in [7, 11) is 0. The quantitative estimate of drug-likeness (QED) is 0.317. The Bertz CT molecular complexity index is 1600. The van der Waals surface area contributed by atoms with Crippen LogP contribution in [-0.2, 0) is 5.75 Å². The number of nitrogens with zero attached hydrogens (tertiary/aromatic N) is 5. The molecule has 6 rings (SSSR count). The van der Waals surface area contributed by atoms with Crippen molar-refractivity contribution in [2.75, 3.05) is 0 Å². The third-order valence-corrected chi connectivity index (χ3v) is 6.55. The van der Waals surface area contributed by atoms with Gasteiger partial charge in [0.05, 0.1) is 22.2 Å². The number of imidazole rings is 1. The van der Waals surface area contributed by atoms with Gasteiger partial charge in [-0.05, 0) is 24.3 Å². The first-order valence-corrected chi connectivity index (χ1v) is 10.9. The van der Waals surface area contributed by atoms with E-state index in [4.69, 9.17) is 9.97 Å². The van der Waals surface area contributed by atoms with Crippen LogP contribution in [0.3, 0.4) is 0 Å². The fourth-order valence-corrected chi connectivity index (χ4v) is 5.15. The maximum atomic E-state index is 12.3. The first-order valence-electron chi connectivity index (χ1n) is 9.02. The van der Waals surface area contributed by atoms with Gasteiger partial charge in [0.15, 0.2) is 10.1 Å². The summed E-state index contributed by atoms with van der Waals surface area (Å²) in [6.07, 6.45) is 1.75. The molecule has 29 heavy (non-hydrogen) atoms. The van der Waals surface area contributed by atoms with Crippen molar-refractivity contribution in [1.29, 1.82) is 0 Å². The Kier molecular flexibility index (Phi) is 3.68. The zero-order valence-corrected chi connectivity index (χ0v) is 16.7. The normalized spacial score (nSPS) is 11.9. The average Bonchev–Trinajstić information content (AvgIpc) is 3.37. The summed E-state index contributed by atoms with van der Waals surface area (Å²) in [5.74, 6) is 0.552. The molecule has 0 saturated heterocycles. The Morgan fingerprint density at radius 1 is 0.966 bits per heavy atom. The highest BCUT2D eigenvalue weighted by molar-refractivity contribution is 7.98. The second-order valence-corrected chi connectivity index (χ2v) is 8.42. The summed E-state index contributed by atoms with van der Waals surface area (Å²) >= 11 is 3.02. The summed E-state index contributed by atoms with van der Waals surface area (Å²) in [5, 5.41) is 3.72. The van der Waals surface area contributed by atoms with Crippen molar-refractivity contribution >= 4 is 55.6 Å². The second-order valence-electron chi connectivity index (χ2n) is 6.60. The van der Waals surface area contributed by atoms with Crippen LogP contribution in [0.2, 0.25) is 0 Å². The molecule has 0 aliphatic heterocycles. The number of thiazole rings is 1. The molecule has 140 valence electrons. The Morgan fingerprint density at radius 2 is 1.79 bits per heavy atom. The highest BCUT2D eigenvalue weighted by Crippen LogP contribution is 2.30. The van der Waals surface area contributed by atoms with E-state index in [-0.39, 0.29) is 5.56 Å². The van der Waals surface area contributed by atoms with E-state index in [9.17, 15) is 4.79 Å². The van der Waals surface area contributed by atoms with Gasteiger partial charge in [0, 0.05) is 28.8 Å². The molecule has 4 aromatic heterocycles. The molecule has 4 heterocycles. The molecule has 6 nitrogen and oxygen atoms in total. The Balaban J connectivity index is 1.52. The van der Waals surface area contributed by atoms with Crippen molar-refractivity contribution in [3.63, 3.8) is 0 Å². The van der Waals surface area contributed by atoms with Crippen LogP contribution < -0.4 is 5.56 Å². The number of hydrogen-bond donors (Lipinski definition) is 0. The summed E-state index contributed by atoms with van der Waals surface area (Å²) in [6, 6.07) is 17.7. The lowest BCUT2D eigenvalue weighted by molar-refractivity contribution is 0.949. The summed E-state index contributed by atoms with van der Waals surface area (Å²) < 4.78 is 3.66. The largest absolute Gasteiger partial charge is 0.271 e. The van der Waals surface area contributed by atoms with Crippen molar-refractivity contribution in [2.24, 2.45) is 0 Å². The third-order valence-electron chi connectivity index (χ3n) is 4.82. The molecular formula is C21H13N5OS2. The molecule has 0 radical (unpaired) electrons. The predicted octanol–water partition coefficient (Wildman–Crippen LogP) is 4.40. The third kappa shape index (κ3) is 2.64. The lowest BCUT2D eigenvalue weighted by atomic mass is 10.2. The highest BCUT2D eigenvalue weighted by Gasteiger charge is 2.14. The van der Waals surface area contributed by atoms with Crippen molar-refractivity contribution in [3.05, 3.63) is 82.2 Å². The van der Waals surface area contributed by atoms with Crippen LogP contribution in [0.25, 0.3) is 32.5 Å². The number of aromatic nitrogens is 5. The minimum absolute atomic E-state index is 0.0588. The molecule has 0 aliphatic rings. The van der Waals surface area contributed by atoms with Crippen LogP contribution in [0.1, 0.15) is 5.69 Å². The molecule has 0 unspecified atom stereocenters. The van der Waals surface area contributed by atoms with E-state index in [1.54, 1.807) is 28.4 Å². The lowest BCUT2D eigenvalue weighted by Gasteiger charge is -2.08. The van der Waals surface area contributed by atoms with Crippen LogP contribution in [0.5, 0.6) is 0 Å². The van der Waals surface area contributed by atoms with Crippen LogP contribution in [0, 0.1) is 0 Å². The second kappa shape index (κ2) is 6.40. The first-order chi connectivity index (χ1) is 14.3. The fraction of sp³-hybridized carbons (Fsp3) is 0.0476. The maximum Gasteiger partial charge on any atom is 0.258 e. The number of thioether (sulfide) groups is 1. The van der Waals surface area contributed by atoms with E-state index in [0.29, 0.717) is 10.7 Å². The van der Waals surface area contributed by atoms with Crippen LogP contribution in [0.4, 0.5) is 0 Å². The highest BCUT2D eigenvalue weighted by atomic mass is 32.2. The zero-order valence-electron chi connectivity index (χ0n) is 15.0. The molecule has 6 aromatic rings. The van der Waals surface area contributed by atoms with Gasteiger partial charge in [-0.1, -0.05) is 36.0 Å². The van der Waals surface area contributed by atoms with E-state index in [1.165, 1.54) is 11.3 Å². The monoisotopic (exact) mass is 415 g/mol. The van der Waals surface area contributed by atoms with E-state index in [0.717, 1.165) is 38.4 Å². The van der Waals surface area contributed by atoms with Crippen molar-refractivity contribution in [1.82, 2.24) is 23.8 Å². The Hall–Kier alpha value is -3.23. The molecule has 8 heteroatoms. The molecule has 0 fully saturated rings. The van der Waals surface area contributed by atoms with Gasteiger partial charge in [0.2, 0.25) is 0 Å². The van der Waals surface area contributed by atoms with E-state index < -0.39 is 0 Å². The van der Waals surface area contributed by atoms with Crippen molar-refractivity contribution < 1.29 is 0 Å². The maximum absolute atomic E-state index is 12.3. The number of para-hydroxylation sites is 3. The number of benzene rings is 2. The average molecular weight is 416 g/mol. The Morgan fingerprint density at radius 3 is 2.72 bits per heavy atom. The number of rotatable bonds is 3. The number of fused-ring (bicyclic) bond motifs is 6. The van der Waals surface area contributed by atoms with Crippen LogP contribution in [0.15, 0.2) is 76.1 Å². The molecule has 0 saturated carbocycles. The van der Waals surface area contributed by atoms with Crippen molar-refractivity contribution in [2.45, 2.75) is 10.9 Å². The molecule has 0 atom stereocenters. The number of hydrogen-bond acceptors (Lipinski definition) is 6. The smallest absolute Gasteiger partial charge is 0.258 e. The minimum atomic E-state index is -0.0588. The van der Waals surface area contributed by atoms with Gasteiger partial charge < -0.3 is 0 Å². The van der Waals surface area contributed by atoms with Crippen molar-refractivity contribution in [3.8, 4) is 0 Å². The standard InChI is InChI=1S/C21H13N5OS2/c27-18-11-13(22-20-25(18)9-10-28-20)12-29-21-24-15-6-2-1-5-14(15)19-23-16-7-3-4-8-17(16)26(19)21/h1-11H,12H2. The van der Waals surface area contributed by atoms with Gasteiger partial charge in [-0.2, -0.15) is 0 Å². The predicted molar refractivity (Wildman–Crippen MR) is 117 cm³/mol. The zero-order chi connectivity index (χ0) is 19.4. The van der Waals surface area contributed by atoms with E-state index in [2.05, 4.69) is 15.5 Å². The van der Waals surface area contributed by atoms with E-state index in [1.807, 2.05) is 47.8 Å². The molecule has 0 bridgehead atoms. The van der Waals surface area contributed by atoms with Gasteiger partial charge >= 0.3 is 0 Å². The molecular weight excluding hydrogens is 402 g/mol. The van der Waals surface area contributed by atoms with Gasteiger partial charge in [-0.3, -0.25) is 13.6 Å². The van der Waals surface area contributed by atoms with Crippen LogP contribution >= 0.6 is 23.1 Å². The molecule has 0 spiro atoms. The van der Waals surface area contributed by atoms with Gasteiger partial charge in [-0.25, -0.2) is 15.0 Å². The van der Waals surface area contributed by atoms with Crippen LogP contribution in [-0.4, -0.2) is 23.8 Å². The fourth-order valence-electron chi connectivity index (χ4n) is 3.51. The SMILES string of the molecule is O=c1cc(CSc2nc3ccccc3c3nc4ccccc4n23)nc2sccn12. The summed E-state index contributed by atoms with van der Waals surface area (Å²) in [4.78, 5) is 27.3. The summed E-state index contributed by atoms with van der Waals surface area (Å²) in [6.45, 7) is 0. The topological polar surface area (TPSA) is 64.6 Å². The first kappa shape index (κ1) is 16.7. The van der Waals surface area contributed by atoms with E-state index >= 15 is 0 Å². The summed E-state index contributed by atoms with van der Waals surface area (Å²) in [5.41, 5.74) is 4.43. The molecule has 0 amide bonds. The lowest BCUT2D eigenvalue weighted by Crippen LogP contribution is -2.12. The molecule has 2 aromatic carbocycles. The molecule has 0 N–H and O–H groups in total. The van der Waals surface area contributed by atoms with Gasteiger partial charge in [0.1, 0.15) is 5.65 Å².